The van der Waals surface area contributed by atoms with Crippen molar-refractivity contribution in [2.45, 2.75) is 31.8 Å². The Labute approximate surface area is 140 Å². The summed E-state index contributed by atoms with van der Waals surface area (Å²) < 4.78 is 0. The number of hydroxylamine groups is 1. The third-order valence-electron chi connectivity index (χ3n) is 3.73. The van der Waals surface area contributed by atoms with Crippen LogP contribution in [0.25, 0.3) is 11.1 Å². The summed E-state index contributed by atoms with van der Waals surface area (Å²) >= 11 is 5.88. The van der Waals surface area contributed by atoms with Gasteiger partial charge in [-0.3, -0.25) is 10.0 Å². The molecule has 0 unspecified atom stereocenters. The van der Waals surface area contributed by atoms with Gasteiger partial charge in [-0.2, -0.15) is 0 Å². The summed E-state index contributed by atoms with van der Waals surface area (Å²) in [5.41, 5.74) is 4.60. The maximum Gasteiger partial charge on any atom is 0.243 e. The second-order valence-electron chi connectivity index (χ2n) is 5.43. The molecule has 0 saturated heterocycles. The molecule has 0 aromatic heterocycles. The van der Waals surface area contributed by atoms with Crippen LogP contribution in [0.2, 0.25) is 5.02 Å². The Bertz CT molecular complexity index is 626. The minimum atomic E-state index is -0.550. The molecule has 0 radical (unpaired) electrons. The Hall–Kier alpha value is -1.88. The number of amides is 1. The molecule has 23 heavy (non-hydrogen) atoms. The summed E-state index contributed by atoms with van der Waals surface area (Å²) in [4.78, 5) is 10.9. The van der Waals surface area contributed by atoms with Gasteiger partial charge in [0.2, 0.25) is 5.91 Å². The summed E-state index contributed by atoms with van der Waals surface area (Å²) in [5, 5.41) is 19.3. The third-order valence-corrected chi connectivity index (χ3v) is 3.98. The summed E-state index contributed by atoms with van der Waals surface area (Å²) in [6, 6.07) is 15.4. The highest BCUT2D eigenvalue weighted by Gasteiger charge is 2.08. The van der Waals surface area contributed by atoms with Gasteiger partial charge in [0.1, 0.15) is 0 Å². The van der Waals surface area contributed by atoms with Gasteiger partial charge in [0.15, 0.2) is 0 Å². The number of aliphatic hydroxyl groups excluding tert-OH is 1. The van der Waals surface area contributed by atoms with Gasteiger partial charge in [0, 0.05) is 11.4 Å². The van der Waals surface area contributed by atoms with Crippen molar-refractivity contribution in [1.29, 1.82) is 0 Å². The number of carbonyl (C=O) groups is 1. The topological polar surface area (TPSA) is 69.6 Å². The molecule has 0 fully saturated rings. The Morgan fingerprint density at radius 3 is 2.13 bits per heavy atom. The van der Waals surface area contributed by atoms with E-state index in [-0.39, 0.29) is 6.42 Å². The van der Waals surface area contributed by atoms with Crippen molar-refractivity contribution in [1.82, 2.24) is 5.48 Å². The van der Waals surface area contributed by atoms with Gasteiger partial charge < -0.3 is 5.11 Å². The molecule has 0 heterocycles. The van der Waals surface area contributed by atoms with Gasteiger partial charge in [-0.1, -0.05) is 54.4 Å². The molecule has 122 valence electrons. The Morgan fingerprint density at radius 2 is 1.57 bits per heavy atom. The monoisotopic (exact) mass is 333 g/mol. The predicted molar refractivity (Wildman–Crippen MR) is 90.2 cm³/mol. The number of carbonyl (C=O) groups excluding carboxylic acids is 1. The maximum absolute atomic E-state index is 10.9. The van der Waals surface area contributed by atoms with Gasteiger partial charge in [0.25, 0.3) is 0 Å². The van der Waals surface area contributed by atoms with Crippen molar-refractivity contribution in [3.8, 4) is 11.1 Å². The molecule has 5 heteroatoms. The van der Waals surface area contributed by atoms with E-state index >= 15 is 0 Å². The highest BCUT2D eigenvalue weighted by Crippen LogP contribution is 2.25. The molecule has 1 amide bonds. The van der Waals surface area contributed by atoms with E-state index in [0.717, 1.165) is 16.7 Å². The SMILES string of the molecule is O=C(CCCC[C@H](O)c1ccc(-c2ccc(Cl)cc2)cc1)NO. The third kappa shape index (κ3) is 5.36. The van der Waals surface area contributed by atoms with Gasteiger partial charge in [-0.05, 0) is 41.7 Å². The van der Waals surface area contributed by atoms with Crippen molar-refractivity contribution in [2.24, 2.45) is 0 Å². The minimum absolute atomic E-state index is 0.263. The first kappa shape index (κ1) is 17.5. The number of rotatable bonds is 7. The van der Waals surface area contributed by atoms with Crippen LogP contribution >= 0.6 is 11.6 Å². The number of hydrogen-bond donors (Lipinski definition) is 3. The van der Waals surface area contributed by atoms with Gasteiger partial charge >= 0.3 is 0 Å². The summed E-state index contributed by atoms with van der Waals surface area (Å²) in [5.74, 6) is -0.396. The van der Waals surface area contributed by atoms with Crippen molar-refractivity contribution < 1.29 is 15.1 Å². The summed E-state index contributed by atoms with van der Waals surface area (Å²) in [6.07, 6.45) is 1.64. The van der Waals surface area contributed by atoms with E-state index in [2.05, 4.69) is 0 Å². The predicted octanol–water partition coefficient (Wildman–Crippen LogP) is 4.11. The van der Waals surface area contributed by atoms with Gasteiger partial charge in [0.05, 0.1) is 6.10 Å². The number of aliphatic hydroxyl groups is 1. The van der Waals surface area contributed by atoms with Crippen LogP contribution in [0.5, 0.6) is 0 Å². The highest BCUT2D eigenvalue weighted by molar-refractivity contribution is 6.30. The Kier molecular flexibility index (Phi) is 6.59. The summed E-state index contributed by atoms with van der Waals surface area (Å²) in [6.45, 7) is 0. The Morgan fingerprint density at radius 1 is 1.00 bits per heavy atom. The van der Waals surface area contributed by atoms with Crippen molar-refractivity contribution in [2.75, 3.05) is 0 Å². The molecule has 0 saturated carbocycles. The summed E-state index contributed by atoms with van der Waals surface area (Å²) in [7, 11) is 0. The van der Waals surface area contributed by atoms with Crippen LogP contribution in [0.1, 0.15) is 37.4 Å². The van der Waals surface area contributed by atoms with Gasteiger partial charge in [-0.15, -0.1) is 0 Å². The molecule has 0 aliphatic rings. The fraction of sp³-hybridized carbons (Fsp3) is 0.278. The zero-order chi connectivity index (χ0) is 16.7. The van der Waals surface area contributed by atoms with E-state index in [1.807, 2.05) is 48.5 Å². The van der Waals surface area contributed by atoms with Crippen LogP contribution < -0.4 is 5.48 Å². The minimum Gasteiger partial charge on any atom is -0.388 e. The fourth-order valence-electron chi connectivity index (χ4n) is 2.39. The molecule has 3 N–H and O–H groups in total. The van der Waals surface area contributed by atoms with Crippen molar-refractivity contribution in [3.05, 3.63) is 59.1 Å². The number of halogens is 1. The molecule has 0 aliphatic carbocycles. The van der Waals surface area contributed by atoms with Crippen molar-refractivity contribution >= 4 is 17.5 Å². The van der Waals surface area contributed by atoms with E-state index in [9.17, 15) is 9.90 Å². The lowest BCUT2D eigenvalue weighted by Gasteiger charge is -2.11. The highest BCUT2D eigenvalue weighted by atomic mass is 35.5. The number of benzene rings is 2. The smallest absolute Gasteiger partial charge is 0.243 e. The zero-order valence-corrected chi connectivity index (χ0v) is 13.5. The first-order valence-corrected chi connectivity index (χ1v) is 7.95. The van der Waals surface area contributed by atoms with Crippen LogP contribution in [0.3, 0.4) is 0 Å². The van der Waals surface area contributed by atoms with Crippen LogP contribution in [-0.4, -0.2) is 16.2 Å². The van der Waals surface area contributed by atoms with E-state index < -0.39 is 12.0 Å². The molecule has 0 spiro atoms. The molecule has 0 bridgehead atoms. The lowest BCUT2D eigenvalue weighted by atomic mass is 9.99. The molecular weight excluding hydrogens is 314 g/mol. The van der Waals surface area contributed by atoms with E-state index in [1.165, 1.54) is 0 Å². The molecule has 0 aliphatic heterocycles. The van der Waals surface area contributed by atoms with Crippen LogP contribution in [-0.2, 0) is 4.79 Å². The molecule has 2 aromatic carbocycles. The van der Waals surface area contributed by atoms with Crippen LogP contribution in [0.15, 0.2) is 48.5 Å². The Balaban J connectivity index is 1.88. The second-order valence-corrected chi connectivity index (χ2v) is 5.86. The second kappa shape index (κ2) is 8.67. The lowest BCUT2D eigenvalue weighted by Crippen LogP contribution is -2.17. The first-order chi connectivity index (χ1) is 11.1. The lowest BCUT2D eigenvalue weighted by molar-refractivity contribution is -0.129. The number of nitrogens with one attached hydrogen (secondary N) is 1. The largest absolute Gasteiger partial charge is 0.388 e. The van der Waals surface area contributed by atoms with Crippen molar-refractivity contribution in [3.63, 3.8) is 0 Å². The fourth-order valence-corrected chi connectivity index (χ4v) is 2.51. The van der Waals surface area contributed by atoms with Crippen LogP contribution in [0, 0.1) is 0 Å². The normalized spacial score (nSPS) is 12.0. The first-order valence-electron chi connectivity index (χ1n) is 7.57. The molecule has 2 aromatic rings. The van der Waals surface area contributed by atoms with Gasteiger partial charge in [-0.25, -0.2) is 5.48 Å². The number of hydrogen-bond acceptors (Lipinski definition) is 3. The van der Waals surface area contributed by atoms with E-state index in [1.54, 1.807) is 5.48 Å². The average Bonchev–Trinajstić information content (AvgIpc) is 2.59. The van der Waals surface area contributed by atoms with Crippen LogP contribution in [0.4, 0.5) is 0 Å². The molecule has 4 nitrogen and oxygen atoms in total. The molecule has 2 rings (SSSR count). The molecular formula is C18H20ClNO3. The molecule has 1 atom stereocenters. The van der Waals surface area contributed by atoms with E-state index in [0.29, 0.717) is 24.3 Å². The quantitative estimate of drug-likeness (QED) is 0.406. The van der Waals surface area contributed by atoms with E-state index in [4.69, 9.17) is 16.8 Å². The maximum atomic E-state index is 10.9. The standard InChI is InChI=1S/C18H20ClNO3/c19-16-11-9-14(10-12-16)13-5-7-15(8-6-13)17(21)3-1-2-4-18(22)20-23/h5-12,17,21,23H,1-4H2,(H,20,22)/t17-/m0/s1. The number of unbranched alkanes of at least 4 members (excludes halogenated alkanes) is 1. The average molecular weight is 334 g/mol. The zero-order valence-electron chi connectivity index (χ0n) is 12.7.